The molecule has 0 radical (unpaired) electrons. The Kier molecular flexibility index (Phi) is 5.63. The number of hydrogen-bond acceptors (Lipinski definition) is 4. The average molecular weight is 381 g/mol. The number of aromatic nitrogens is 2. The van der Waals surface area contributed by atoms with E-state index in [1.165, 1.54) is 0 Å². The van der Waals surface area contributed by atoms with E-state index in [9.17, 15) is 14.4 Å². The molecule has 1 heterocycles. The van der Waals surface area contributed by atoms with Gasteiger partial charge >= 0.3 is 5.69 Å². The summed E-state index contributed by atoms with van der Waals surface area (Å²) >= 11 is 0. The van der Waals surface area contributed by atoms with Gasteiger partial charge in [0.25, 0.3) is 5.56 Å². The van der Waals surface area contributed by atoms with Crippen molar-refractivity contribution >= 4 is 16.8 Å². The quantitative estimate of drug-likeness (QED) is 0.710. The molecule has 0 aliphatic carbocycles. The van der Waals surface area contributed by atoms with Crippen LogP contribution in [0.25, 0.3) is 10.9 Å². The Bertz CT molecular complexity index is 1120. The van der Waals surface area contributed by atoms with Gasteiger partial charge in [-0.3, -0.25) is 14.2 Å². The zero-order valence-corrected chi connectivity index (χ0v) is 16.1. The van der Waals surface area contributed by atoms with E-state index in [0.29, 0.717) is 23.2 Å². The van der Waals surface area contributed by atoms with Gasteiger partial charge < -0.3 is 14.6 Å². The van der Waals surface area contributed by atoms with E-state index in [0.717, 1.165) is 10.1 Å². The second-order valence-electron chi connectivity index (χ2n) is 6.50. The lowest BCUT2D eigenvalue weighted by Crippen LogP contribution is -2.43. The summed E-state index contributed by atoms with van der Waals surface area (Å²) in [5, 5.41) is 0.374. The maximum absolute atomic E-state index is 12.9. The zero-order chi connectivity index (χ0) is 20.3. The second-order valence-corrected chi connectivity index (χ2v) is 6.50. The highest BCUT2D eigenvalue weighted by atomic mass is 16.5. The third-order valence-electron chi connectivity index (χ3n) is 4.89. The van der Waals surface area contributed by atoms with E-state index in [1.54, 1.807) is 36.3 Å². The minimum Gasteiger partial charge on any atom is -0.497 e. The van der Waals surface area contributed by atoms with Crippen LogP contribution >= 0.6 is 0 Å². The number of nitrogens with zero attached hydrogens (tertiary/aromatic N) is 2. The summed E-state index contributed by atoms with van der Waals surface area (Å²) in [7, 11) is 1.59. The number of carbonyl (C=O) groups excluding carboxylic acids is 1. The minimum atomic E-state index is -0.595. The number of carbonyl (C=O) groups is 1. The van der Waals surface area contributed by atoms with E-state index in [4.69, 9.17) is 4.74 Å². The van der Waals surface area contributed by atoms with Gasteiger partial charge in [-0.15, -0.1) is 0 Å². The minimum absolute atomic E-state index is 0.233. The van der Waals surface area contributed by atoms with Crippen molar-refractivity contribution in [1.82, 2.24) is 14.5 Å². The summed E-state index contributed by atoms with van der Waals surface area (Å²) in [6, 6.07) is 14.0. The van der Waals surface area contributed by atoms with Gasteiger partial charge in [0.15, 0.2) is 0 Å². The highest BCUT2D eigenvalue weighted by molar-refractivity contribution is 5.79. The zero-order valence-electron chi connectivity index (χ0n) is 16.1. The largest absolute Gasteiger partial charge is 0.497 e. The first-order valence-electron chi connectivity index (χ1n) is 9.11. The van der Waals surface area contributed by atoms with Crippen molar-refractivity contribution in [2.75, 3.05) is 13.7 Å². The van der Waals surface area contributed by atoms with Crippen LogP contribution < -0.4 is 16.0 Å². The van der Waals surface area contributed by atoms with Gasteiger partial charge in [-0.2, -0.15) is 0 Å². The van der Waals surface area contributed by atoms with Gasteiger partial charge in [-0.25, -0.2) is 4.79 Å². The molecule has 1 unspecified atom stereocenters. The highest BCUT2D eigenvalue weighted by Gasteiger charge is 2.22. The number of para-hydroxylation sites is 1. The number of likely N-dealkylation sites (N-methyl/N-ethyl adjacent to an activating group) is 1. The Balaban J connectivity index is 1.91. The van der Waals surface area contributed by atoms with Crippen LogP contribution in [0, 0.1) is 0 Å². The Morgan fingerprint density at radius 2 is 1.93 bits per heavy atom. The van der Waals surface area contributed by atoms with Crippen LogP contribution in [0.5, 0.6) is 5.75 Å². The van der Waals surface area contributed by atoms with Gasteiger partial charge in [-0.05, 0) is 43.7 Å². The molecule has 7 heteroatoms. The summed E-state index contributed by atoms with van der Waals surface area (Å²) in [4.78, 5) is 42.2. The summed E-state index contributed by atoms with van der Waals surface area (Å²) in [6.45, 7) is 3.89. The number of amides is 1. The number of benzene rings is 2. The predicted molar refractivity (Wildman–Crippen MR) is 108 cm³/mol. The topological polar surface area (TPSA) is 84.4 Å². The summed E-state index contributed by atoms with van der Waals surface area (Å²) < 4.78 is 6.20. The van der Waals surface area contributed by atoms with Crippen molar-refractivity contribution in [2.45, 2.75) is 26.4 Å². The molecule has 146 valence electrons. The molecule has 1 atom stereocenters. The lowest BCUT2D eigenvalue weighted by atomic mass is 10.1. The SMILES string of the molecule is CCN(C(=O)Cn1c(=O)[nH]c2ccccc2c1=O)C(C)c1cccc(OC)c1. The van der Waals surface area contributed by atoms with Crippen LogP contribution in [0.2, 0.25) is 0 Å². The molecule has 3 aromatic rings. The molecule has 0 aliphatic rings. The van der Waals surface area contributed by atoms with Gasteiger partial charge in [0, 0.05) is 6.54 Å². The van der Waals surface area contributed by atoms with Crippen molar-refractivity contribution in [1.29, 1.82) is 0 Å². The van der Waals surface area contributed by atoms with Crippen molar-refractivity contribution in [3.63, 3.8) is 0 Å². The van der Waals surface area contributed by atoms with E-state index < -0.39 is 11.2 Å². The molecule has 1 amide bonds. The number of rotatable bonds is 6. The Labute approximate surface area is 162 Å². The number of fused-ring (bicyclic) bond motifs is 1. The average Bonchev–Trinajstić information content (AvgIpc) is 2.71. The first kappa shape index (κ1) is 19.4. The predicted octanol–water partition coefficient (Wildman–Crippen LogP) is 2.31. The highest BCUT2D eigenvalue weighted by Crippen LogP contribution is 2.24. The normalized spacial score (nSPS) is 12.0. The number of methoxy groups -OCH3 is 1. The fourth-order valence-corrected chi connectivity index (χ4v) is 3.32. The van der Waals surface area contributed by atoms with Gasteiger partial charge in [0.2, 0.25) is 5.91 Å². The summed E-state index contributed by atoms with van der Waals surface area (Å²) in [5.74, 6) is 0.399. The monoisotopic (exact) mass is 381 g/mol. The van der Waals surface area contributed by atoms with Gasteiger partial charge in [0.1, 0.15) is 12.3 Å². The lowest BCUT2D eigenvalue weighted by molar-refractivity contribution is -0.133. The van der Waals surface area contributed by atoms with Crippen LogP contribution in [0.3, 0.4) is 0 Å². The Morgan fingerprint density at radius 3 is 2.64 bits per heavy atom. The molecule has 0 saturated carbocycles. The molecule has 7 nitrogen and oxygen atoms in total. The van der Waals surface area contributed by atoms with Crippen LogP contribution in [0.1, 0.15) is 25.5 Å². The molecule has 0 saturated heterocycles. The number of ether oxygens (including phenoxy) is 1. The third kappa shape index (κ3) is 3.69. The van der Waals surface area contributed by atoms with E-state index >= 15 is 0 Å². The summed E-state index contributed by atoms with van der Waals surface area (Å²) in [5.41, 5.74) is 0.299. The molecule has 0 bridgehead atoms. The first-order valence-corrected chi connectivity index (χ1v) is 9.11. The van der Waals surface area contributed by atoms with Crippen molar-refractivity contribution in [3.05, 3.63) is 74.9 Å². The van der Waals surface area contributed by atoms with Crippen LogP contribution in [0.4, 0.5) is 0 Å². The Morgan fingerprint density at radius 1 is 1.18 bits per heavy atom. The van der Waals surface area contributed by atoms with Crippen LogP contribution in [-0.2, 0) is 11.3 Å². The van der Waals surface area contributed by atoms with Crippen LogP contribution in [0.15, 0.2) is 58.1 Å². The third-order valence-corrected chi connectivity index (χ3v) is 4.89. The van der Waals surface area contributed by atoms with Crippen molar-refractivity contribution in [2.24, 2.45) is 0 Å². The molecule has 1 N–H and O–H groups in total. The number of H-pyrrole nitrogens is 1. The second kappa shape index (κ2) is 8.12. The van der Waals surface area contributed by atoms with Crippen molar-refractivity contribution < 1.29 is 9.53 Å². The number of hydrogen-bond donors (Lipinski definition) is 1. The van der Waals surface area contributed by atoms with E-state index in [2.05, 4.69) is 4.98 Å². The first-order chi connectivity index (χ1) is 13.5. The van der Waals surface area contributed by atoms with Gasteiger partial charge in [0.05, 0.1) is 24.1 Å². The molecule has 0 fully saturated rings. The molecule has 3 rings (SSSR count). The lowest BCUT2D eigenvalue weighted by Gasteiger charge is -2.29. The molecular formula is C21H23N3O4. The smallest absolute Gasteiger partial charge is 0.329 e. The van der Waals surface area contributed by atoms with E-state index in [-0.39, 0.29) is 18.5 Å². The standard InChI is InChI=1S/C21H23N3O4/c1-4-23(14(2)15-8-7-9-16(12-15)28-3)19(25)13-24-20(26)17-10-5-6-11-18(17)22-21(24)27/h5-12,14H,4,13H2,1-3H3,(H,22,27). The maximum atomic E-state index is 12.9. The molecule has 0 aliphatic heterocycles. The fourth-order valence-electron chi connectivity index (χ4n) is 3.32. The molecule has 0 spiro atoms. The summed E-state index contributed by atoms with van der Waals surface area (Å²) in [6.07, 6.45) is 0. The molecule has 2 aromatic carbocycles. The fraction of sp³-hybridized carbons (Fsp3) is 0.286. The van der Waals surface area contributed by atoms with Gasteiger partial charge in [-0.1, -0.05) is 24.3 Å². The maximum Gasteiger partial charge on any atom is 0.329 e. The Hall–Kier alpha value is -3.35. The van der Waals surface area contributed by atoms with Crippen LogP contribution in [-0.4, -0.2) is 34.0 Å². The molecule has 1 aromatic heterocycles. The van der Waals surface area contributed by atoms with Crippen molar-refractivity contribution in [3.8, 4) is 5.75 Å². The molecular weight excluding hydrogens is 358 g/mol. The number of nitrogens with one attached hydrogen (secondary N) is 1. The molecule has 28 heavy (non-hydrogen) atoms. The van der Waals surface area contributed by atoms with E-state index in [1.807, 2.05) is 38.1 Å². The number of aromatic amines is 1.